The first-order chi connectivity index (χ1) is 10.1. The van der Waals surface area contributed by atoms with Crippen molar-refractivity contribution in [2.24, 2.45) is 10.7 Å². The van der Waals surface area contributed by atoms with Crippen molar-refractivity contribution >= 4 is 18.1 Å². The quantitative estimate of drug-likeness (QED) is 0.530. The first kappa shape index (κ1) is 21.2. The molecule has 0 atom stereocenters. The Morgan fingerprint density at radius 3 is 1.48 bits per heavy atom. The van der Waals surface area contributed by atoms with Gasteiger partial charge in [-0.1, -0.05) is 0 Å². The van der Waals surface area contributed by atoms with Crippen LogP contribution in [-0.4, -0.2) is 41.4 Å². The van der Waals surface area contributed by atoms with Crippen LogP contribution < -0.4 is 16.4 Å². The van der Waals surface area contributed by atoms with E-state index < -0.39 is 28.9 Å². The Morgan fingerprint density at radius 1 is 0.870 bits per heavy atom. The van der Waals surface area contributed by atoms with Crippen molar-refractivity contribution in [1.29, 1.82) is 0 Å². The highest BCUT2D eigenvalue weighted by Gasteiger charge is 2.23. The van der Waals surface area contributed by atoms with Gasteiger partial charge in [-0.15, -0.1) is 0 Å². The number of rotatable bonds is 2. The minimum Gasteiger partial charge on any atom is -0.444 e. The molecule has 2 amide bonds. The summed E-state index contributed by atoms with van der Waals surface area (Å²) in [5.74, 6) is -0.0797. The van der Waals surface area contributed by atoms with Gasteiger partial charge in [0.15, 0.2) is 0 Å². The SMILES string of the molecule is CC(C)(CN)N=C(NC(=O)OC(C)(C)C)NC(=O)OC(C)(C)C. The summed E-state index contributed by atoms with van der Waals surface area (Å²) in [6.07, 6.45) is -1.47. The standard InChI is InChI=1S/C15H30N4O4/c1-13(2,3)22-11(20)17-10(19-15(7,8)9-16)18-12(21)23-14(4,5)6/h9,16H2,1-8H3,(H2,17,18,19,20,21). The van der Waals surface area contributed by atoms with Crippen molar-refractivity contribution in [3.8, 4) is 0 Å². The van der Waals surface area contributed by atoms with E-state index >= 15 is 0 Å². The molecule has 23 heavy (non-hydrogen) atoms. The lowest BCUT2D eigenvalue weighted by Crippen LogP contribution is -2.49. The van der Waals surface area contributed by atoms with Crippen molar-refractivity contribution in [2.45, 2.75) is 72.1 Å². The molecular weight excluding hydrogens is 300 g/mol. The van der Waals surface area contributed by atoms with Crippen molar-refractivity contribution in [1.82, 2.24) is 10.6 Å². The van der Waals surface area contributed by atoms with E-state index in [9.17, 15) is 9.59 Å². The summed E-state index contributed by atoms with van der Waals surface area (Å²) in [5.41, 5.74) is 3.59. The fraction of sp³-hybridized carbons (Fsp3) is 0.800. The summed E-state index contributed by atoms with van der Waals surface area (Å²) in [4.78, 5) is 28.0. The van der Waals surface area contributed by atoms with E-state index in [-0.39, 0.29) is 12.5 Å². The molecule has 0 heterocycles. The van der Waals surface area contributed by atoms with Gasteiger partial charge < -0.3 is 15.2 Å². The summed E-state index contributed by atoms with van der Waals surface area (Å²) in [7, 11) is 0. The van der Waals surface area contributed by atoms with Gasteiger partial charge in [0, 0.05) is 6.54 Å². The molecule has 134 valence electrons. The summed E-state index contributed by atoms with van der Waals surface area (Å²) >= 11 is 0. The molecular formula is C15H30N4O4. The molecule has 0 saturated carbocycles. The topological polar surface area (TPSA) is 115 Å². The zero-order valence-electron chi connectivity index (χ0n) is 15.4. The van der Waals surface area contributed by atoms with Gasteiger partial charge in [0.05, 0.1) is 5.54 Å². The van der Waals surface area contributed by atoms with Gasteiger partial charge >= 0.3 is 12.2 Å². The van der Waals surface area contributed by atoms with Gasteiger partial charge in [0.25, 0.3) is 0 Å². The number of hydrogen-bond acceptors (Lipinski definition) is 6. The summed E-state index contributed by atoms with van der Waals surface area (Å²) in [6, 6.07) is 0. The zero-order chi connectivity index (χ0) is 18.5. The van der Waals surface area contributed by atoms with Crippen LogP contribution in [-0.2, 0) is 9.47 Å². The average molecular weight is 330 g/mol. The molecule has 8 nitrogen and oxygen atoms in total. The first-order valence-electron chi connectivity index (χ1n) is 7.43. The van der Waals surface area contributed by atoms with E-state index in [0.29, 0.717) is 0 Å². The Morgan fingerprint density at radius 2 is 1.22 bits per heavy atom. The first-order valence-corrected chi connectivity index (χ1v) is 7.43. The van der Waals surface area contributed by atoms with Gasteiger partial charge in [-0.05, 0) is 55.4 Å². The monoisotopic (exact) mass is 330 g/mol. The summed E-state index contributed by atoms with van der Waals surface area (Å²) < 4.78 is 10.3. The molecule has 4 N–H and O–H groups in total. The predicted molar refractivity (Wildman–Crippen MR) is 89.3 cm³/mol. The van der Waals surface area contributed by atoms with Crippen LogP contribution in [0.15, 0.2) is 4.99 Å². The van der Waals surface area contributed by atoms with E-state index in [1.54, 1.807) is 55.4 Å². The second-order valence-corrected chi connectivity index (χ2v) is 7.73. The minimum absolute atomic E-state index is 0.0797. The van der Waals surface area contributed by atoms with Crippen molar-refractivity contribution in [2.75, 3.05) is 6.54 Å². The third kappa shape index (κ3) is 11.4. The lowest BCUT2D eigenvalue weighted by atomic mass is 10.1. The fourth-order valence-electron chi connectivity index (χ4n) is 1.24. The Hall–Kier alpha value is -1.83. The highest BCUT2D eigenvalue weighted by Crippen LogP contribution is 2.09. The number of carbonyl (C=O) groups is 2. The van der Waals surface area contributed by atoms with Crippen LogP contribution >= 0.6 is 0 Å². The molecule has 8 heteroatoms. The Labute approximate surface area is 138 Å². The minimum atomic E-state index is -0.736. The maximum atomic E-state index is 11.9. The number of carbonyl (C=O) groups excluding carboxylic acids is 2. The number of guanidine groups is 1. The van der Waals surface area contributed by atoms with Gasteiger partial charge in [-0.25, -0.2) is 14.6 Å². The van der Waals surface area contributed by atoms with E-state index in [1.807, 2.05) is 0 Å². The molecule has 0 radical (unpaired) electrons. The molecule has 0 spiro atoms. The maximum absolute atomic E-state index is 11.9. The van der Waals surface area contributed by atoms with Crippen LogP contribution in [0.2, 0.25) is 0 Å². The van der Waals surface area contributed by atoms with Crippen molar-refractivity contribution in [3.63, 3.8) is 0 Å². The van der Waals surface area contributed by atoms with Crippen molar-refractivity contribution in [3.05, 3.63) is 0 Å². The molecule has 0 aliphatic carbocycles. The van der Waals surface area contributed by atoms with Gasteiger partial charge in [-0.3, -0.25) is 10.6 Å². The molecule has 0 aromatic carbocycles. The van der Waals surface area contributed by atoms with Gasteiger partial charge in [-0.2, -0.15) is 0 Å². The third-order valence-corrected chi connectivity index (χ3v) is 2.15. The highest BCUT2D eigenvalue weighted by molar-refractivity contribution is 6.01. The van der Waals surface area contributed by atoms with Crippen LogP contribution in [0.5, 0.6) is 0 Å². The van der Waals surface area contributed by atoms with E-state index in [0.717, 1.165) is 0 Å². The van der Waals surface area contributed by atoms with E-state index in [2.05, 4.69) is 15.6 Å². The van der Waals surface area contributed by atoms with Gasteiger partial charge in [0.1, 0.15) is 11.2 Å². The van der Waals surface area contributed by atoms with Crippen LogP contribution in [0.3, 0.4) is 0 Å². The molecule has 0 aromatic rings. The normalized spacial score (nSPS) is 12.2. The number of alkyl carbamates (subject to hydrolysis) is 2. The number of amides is 2. The summed E-state index contributed by atoms with van der Waals surface area (Å²) in [6.45, 7) is 14.1. The van der Waals surface area contributed by atoms with Crippen LogP contribution in [0.1, 0.15) is 55.4 Å². The molecule has 0 saturated heterocycles. The number of hydrogen-bond donors (Lipinski definition) is 3. The largest absolute Gasteiger partial charge is 0.444 e. The second-order valence-electron chi connectivity index (χ2n) is 7.73. The lowest BCUT2D eigenvalue weighted by molar-refractivity contribution is 0.0544. The van der Waals surface area contributed by atoms with E-state index in [4.69, 9.17) is 15.2 Å². The highest BCUT2D eigenvalue weighted by atomic mass is 16.6. The molecule has 0 unspecified atom stereocenters. The zero-order valence-corrected chi connectivity index (χ0v) is 15.4. The Balaban J connectivity index is 5.12. The predicted octanol–water partition coefficient (Wildman–Crippen LogP) is 2.13. The molecule has 0 aliphatic rings. The number of nitrogens with zero attached hydrogens (tertiary/aromatic N) is 1. The number of ether oxygens (including phenoxy) is 2. The number of nitrogens with one attached hydrogen (secondary N) is 2. The molecule has 0 aliphatic heterocycles. The molecule has 0 fully saturated rings. The Kier molecular flexibility index (Phi) is 7.02. The third-order valence-electron chi connectivity index (χ3n) is 2.15. The van der Waals surface area contributed by atoms with Crippen LogP contribution in [0.4, 0.5) is 9.59 Å². The van der Waals surface area contributed by atoms with Crippen LogP contribution in [0, 0.1) is 0 Å². The molecule has 0 aromatic heterocycles. The number of nitrogens with two attached hydrogens (primary N) is 1. The van der Waals surface area contributed by atoms with Gasteiger partial charge in [0.2, 0.25) is 5.96 Å². The summed E-state index contributed by atoms with van der Waals surface area (Å²) in [5, 5.41) is 4.80. The average Bonchev–Trinajstić information content (AvgIpc) is 2.22. The van der Waals surface area contributed by atoms with Crippen LogP contribution in [0.25, 0.3) is 0 Å². The van der Waals surface area contributed by atoms with E-state index in [1.165, 1.54) is 0 Å². The second kappa shape index (κ2) is 7.63. The molecule has 0 bridgehead atoms. The molecule has 0 rings (SSSR count). The Bertz CT molecular complexity index is 427. The lowest BCUT2D eigenvalue weighted by Gasteiger charge is -2.24. The fourth-order valence-corrected chi connectivity index (χ4v) is 1.24. The smallest absolute Gasteiger partial charge is 0.414 e. The number of aliphatic imine (C=N–C) groups is 1. The maximum Gasteiger partial charge on any atom is 0.414 e. The van der Waals surface area contributed by atoms with Crippen molar-refractivity contribution < 1.29 is 19.1 Å².